The number of benzene rings is 1. The van der Waals surface area contributed by atoms with Gasteiger partial charge in [0.15, 0.2) is 0 Å². The fraction of sp³-hybridized carbons (Fsp3) is 0.133. The second-order valence-corrected chi connectivity index (χ2v) is 5.03. The molecule has 0 atom stereocenters. The van der Waals surface area contributed by atoms with Crippen molar-refractivity contribution in [1.82, 2.24) is 4.98 Å². The molecule has 4 nitrogen and oxygen atoms in total. The van der Waals surface area contributed by atoms with Crippen molar-refractivity contribution >= 4 is 29.0 Å². The highest BCUT2D eigenvalue weighted by Crippen LogP contribution is 2.36. The first-order valence-corrected chi connectivity index (χ1v) is 6.53. The number of hydrogen-bond donors (Lipinski definition) is 0. The summed E-state index contributed by atoms with van der Waals surface area (Å²) in [5.74, 6) is -1.08. The highest BCUT2D eigenvalue weighted by atomic mass is 35.5. The maximum Gasteiger partial charge on any atom is 0.299 e. The van der Waals surface area contributed by atoms with Gasteiger partial charge in [-0.25, -0.2) is 0 Å². The lowest BCUT2D eigenvalue weighted by atomic mass is 10.1. The highest BCUT2D eigenvalue weighted by Gasteiger charge is 2.37. The number of carbonyl (C=O) groups is 2. The Hall–Kier alpha value is -2.20. The molecule has 100 valence electrons. The van der Waals surface area contributed by atoms with E-state index in [4.69, 9.17) is 11.6 Å². The van der Waals surface area contributed by atoms with Gasteiger partial charge in [0.1, 0.15) is 0 Å². The van der Waals surface area contributed by atoms with Crippen LogP contribution in [0.5, 0.6) is 0 Å². The number of aromatic nitrogens is 1. The first-order chi connectivity index (χ1) is 9.58. The number of carbonyl (C=O) groups excluding carboxylic acids is 2. The number of hydrogen-bond acceptors (Lipinski definition) is 3. The molecule has 3 rings (SSSR count). The van der Waals surface area contributed by atoms with Crippen molar-refractivity contribution in [1.29, 1.82) is 0 Å². The molecule has 0 saturated carbocycles. The van der Waals surface area contributed by atoms with Crippen molar-refractivity contribution in [2.45, 2.75) is 13.5 Å². The zero-order valence-corrected chi connectivity index (χ0v) is 11.5. The predicted octanol–water partition coefficient (Wildman–Crippen LogP) is 2.77. The van der Waals surface area contributed by atoms with Crippen molar-refractivity contribution in [3.05, 3.63) is 58.4 Å². The molecule has 0 bridgehead atoms. The van der Waals surface area contributed by atoms with Crippen LogP contribution in [0.25, 0.3) is 0 Å². The van der Waals surface area contributed by atoms with E-state index in [0.29, 0.717) is 16.3 Å². The second kappa shape index (κ2) is 4.72. The van der Waals surface area contributed by atoms with E-state index in [1.165, 1.54) is 4.90 Å². The van der Waals surface area contributed by atoms with Gasteiger partial charge >= 0.3 is 0 Å². The maximum atomic E-state index is 12.1. The van der Waals surface area contributed by atoms with Crippen LogP contribution < -0.4 is 4.90 Å². The molecule has 2 aromatic rings. The van der Waals surface area contributed by atoms with E-state index >= 15 is 0 Å². The average Bonchev–Trinajstić information content (AvgIpc) is 2.66. The van der Waals surface area contributed by atoms with Gasteiger partial charge in [0, 0.05) is 5.69 Å². The number of pyridine rings is 1. The molecule has 1 aliphatic heterocycles. The van der Waals surface area contributed by atoms with E-state index in [1.807, 2.05) is 25.1 Å². The minimum Gasteiger partial charge on any atom is -0.297 e. The number of fused-ring (bicyclic) bond motifs is 1. The largest absolute Gasteiger partial charge is 0.299 e. The fourth-order valence-corrected chi connectivity index (χ4v) is 2.59. The predicted molar refractivity (Wildman–Crippen MR) is 75.9 cm³/mol. The van der Waals surface area contributed by atoms with Gasteiger partial charge in [-0.2, -0.15) is 0 Å². The van der Waals surface area contributed by atoms with Gasteiger partial charge < -0.3 is 0 Å². The molecule has 0 radical (unpaired) electrons. The number of aryl methyl sites for hydroxylation is 1. The average molecular weight is 287 g/mol. The Balaban J connectivity index is 2.03. The molecule has 1 aliphatic rings. The van der Waals surface area contributed by atoms with Crippen LogP contribution in [0, 0.1) is 6.92 Å². The summed E-state index contributed by atoms with van der Waals surface area (Å²) in [5, 5.41) is 0.398. The standard InChI is InChI=1S/C15H11ClN2O2/c1-9-4-2-5-10(17-9)8-18-13-11(14(19)15(18)20)6-3-7-12(13)16/h2-7H,8H2,1H3. The number of amides is 1. The van der Waals surface area contributed by atoms with Gasteiger partial charge in [0.25, 0.3) is 11.7 Å². The highest BCUT2D eigenvalue weighted by molar-refractivity contribution is 6.54. The lowest BCUT2D eigenvalue weighted by Gasteiger charge is -2.17. The van der Waals surface area contributed by atoms with Crippen LogP contribution in [0.3, 0.4) is 0 Å². The van der Waals surface area contributed by atoms with Crippen molar-refractivity contribution in [3.8, 4) is 0 Å². The number of para-hydroxylation sites is 1. The van der Waals surface area contributed by atoms with Gasteiger partial charge in [-0.3, -0.25) is 19.5 Å². The smallest absolute Gasteiger partial charge is 0.297 e. The number of Topliss-reactive ketones (excluding diaryl/α,β-unsaturated/α-hetero) is 1. The Morgan fingerprint density at radius 3 is 2.65 bits per heavy atom. The summed E-state index contributed by atoms with van der Waals surface area (Å²) in [6, 6.07) is 10.5. The molecule has 2 heterocycles. The third-order valence-corrected chi connectivity index (χ3v) is 3.51. The van der Waals surface area contributed by atoms with Crippen LogP contribution in [-0.4, -0.2) is 16.7 Å². The van der Waals surface area contributed by atoms with Crippen molar-refractivity contribution < 1.29 is 9.59 Å². The van der Waals surface area contributed by atoms with Gasteiger partial charge in [0.2, 0.25) is 0 Å². The third-order valence-electron chi connectivity index (χ3n) is 3.21. The lowest BCUT2D eigenvalue weighted by molar-refractivity contribution is -0.114. The number of halogens is 1. The van der Waals surface area contributed by atoms with Gasteiger partial charge in [0.05, 0.1) is 28.5 Å². The Labute approximate surface area is 121 Å². The van der Waals surface area contributed by atoms with Crippen molar-refractivity contribution in [2.24, 2.45) is 0 Å². The summed E-state index contributed by atoms with van der Waals surface area (Å²) in [5.41, 5.74) is 2.42. The van der Waals surface area contributed by atoms with Gasteiger partial charge in [-0.1, -0.05) is 23.7 Å². The molecule has 1 amide bonds. The second-order valence-electron chi connectivity index (χ2n) is 4.63. The molecule has 0 fully saturated rings. The quantitative estimate of drug-likeness (QED) is 0.798. The molecular weight excluding hydrogens is 276 g/mol. The number of ketones is 1. The van der Waals surface area contributed by atoms with Crippen molar-refractivity contribution in [2.75, 3.05) is 4.90 Å². The minimum atomic E-state index is -0.559. The fourth-order valence-electron chi connectivity index (χ4n) is 2.31. The maximum absolute atomic E-state index is 12.1. The van der Waals surface area contributed by atoms with E-state index in [1.54, 1.807) is 18.2 Å². The monoisotopic (exact) mass is 286 g/mol. The SMILES string of the molecule is Cc1cccc(CN2C(=O)C(=O)c3cccc(Cl)c32)n1. The Bertz CT molecular complexity index is 728. The summed E-state index contributed by atoms with van der Waals surface area (Å²) in [6.45, 7) is 2.12. The Morgan fingerprint density at radius 2 is 1.90 bits per heavy atom. The van der Waals surface area contributed by atoms with Crippen LogP contribution in [0.4, 0.5) is 5.69 Å². The van der Waals surface area contributed by atoms with E-state index in [-0.39, 0.29) is 6.54 Å². The normalized spacial score (nSPS) is 13.8. The van der Waals surface area contributed by atoms with E-state index in [0.717, 1.165) is 11.4 Å². The molecule has 5 heteroatoms. The van der Waals surface area contributed by atoms with Crippen LogP contribution in [0.2, 0.25) is 5.02 Å². The first kappa shape index (κ1) is 12.8. The molecule has 20 heavy (non-hydrogen) atoms. The first-order valence-electron chi connectivity index (χ1n) is 6.15. The topological polar surface area (TPSA) is 50.3 Å². The number of rotatable bonds is 2. The summed E-state index contributed by atoms with van der Waals surface area (Å²) in [6.07, 6.45) is 0. The third kappa shape index (κ3) is 1.98. The van der Waals surface area contributed by atoms with Crippen molar-refractivity contribution in [3.63, 3.8) is 0 Å². The number of anilines is 1. The molecular formula is C15H11ClN2O2. The van der Waals surface area contributed by atoms with Gasteiger partial charge in [-0.05, 0) is 31.2 Å². The van der Waals surface area contributed by atoms with Crippen LogP contribution in [0.1, 0.15) is 21.7 Å². The lowest BCUT2D eigenvalue weighted by Crippen LogP contribution is -2.29. The van der Waals surface area contributed by atoms with Crippen LogP contribution in [-0.2, 0) is 11.3 Å². The van der Waals surface area contributed by atoms with Crippen LogP contribution >= 0.6 is 11.6 Å². The molecule has 0 saturated heterocycles. The molecule has 0 unspecified atom stereocenters. The molecule has 0 N–H and O–H groups in total. The molecule has 1 aromatic heterocycles. The number of nitrogens with zero attached hydrogens (tertiary/aromatic N) is 2. The van der Waals surface area contributed by atoms with Gasteiger partial charge in [-0.15, -0.1) is 0 Å². The summed E-state index contributed by atoms with van der Waals surface area (Å²) in [7, 11) is 0. The summed E-state index contributed by atoms with van der Waals surface area (Å²) >= 11 is 6.13. The summed E-state index contributed by atoms with van der Waals surface area (Å²) < 4.78 is 0. The Morgan fingerprint density at radius 1 is 1.15 bits per heavy atom. The zero-order valence-electron chi connectivity index (χ0n) is 10.8. The molecule has 1 aromatic carbocycles. The van der Waals surface area contributed by atoms with Crippen LogP contribution in [0.15, 0.2) is 36.4 Å². The van der Waals surface area contributed by atoms with E-state index < -0.39 is 11.7 Å². The molecule has 0 aliphatic carbocycles. The van der Waals surface area contributed by atoms with E-state index in [2.05, 4.69) is 4.98 Å². The minimum absolute atomic E-state index is 0.239. The summed E-state index contributed by atoms with van der Waals surface area (Å²) in [4.78, 5) is 29.8. The Kier molecular flexibility index (Phi) is 3.03. The zero-order chi connectivity index (χ0) is 14.3. The molecule has 0 spiro atoms. The van der Waals surface area contributed by atoms with E-state index in [9.17, 15) is 9.59 Å².